The van der Waals surface area contributed by atoms with Crippen LogP contribution in [0.3, 0.4) is 0 Å². The van der Waals surface area contributed by atoms with Gasteiger partial charge in [0.1, 0.15) is 4.99 Å². The Labute approximate surface area is 126 Å². The zero-order chi connectivity index (χ0) is 15.5. The molecule has 0 radical (unpaired) electrons. The van der Waals surface area contributed by atoms with Crippen LogP contribution in [0.1, 0.15) is 30.7 Å². The molecule has 1 aromatic heterocycles. The maximum atomic E-state index is 5.82. The van der Waals surface area contributed by atoms with Gasteiger partial charge in [0.15, 0.2) is 5.82 Å². The van der Waals surface area contributed by atoms with E-state index >= 15 is 0 Å². The summed E-state index contributed by atoms with van der Waals surface area (Å²) in [6.07, 6.45) is 0. The Morgan fingerprint density at radius 1 is 1.30 bits per heavy atom. The molecule has 0 fully saturated rings. The van der Waals surface area contributed by atoms with E-state index in [4.69, 9.17) is 18.0 Å². The molecule has 0 bridgehead atoms. The van der Waals surface area contributed by atoms with Crippen molar-refractivity contribution in [3.8, 4) is 0 Å². The van der Waals surface area contributed by atoms with E-state index in [1.807, 2.05) is 13.8 Å². The normalized spacial score (nSPS) is 11.8. The summed E-state index contributed by atoms with van der Waals surface area (Å²) in [7, 11) is 4.13. The van der Waals surface area contributed by atoms with Crippen LogP contribution in [0, 0.1) is 19.3 Å². The molecule has 5 nitrogen and oxygen atoms in total. The van der Waals surface area contributed by atoms with Crippen LogP contribution in [0.2, 0.25) is 0 Å². The SMILES string of the molecule is Cc1nnc(NCC(C)(C)CN(C)C)c(C(N)=S)c1C. The van der Waals surface area contributed by atoms with Crippen LogP contribution >= 0.6 is 12.2 Å². The maximum Gasteiger partial charge on any atom is 0.159 e. The van der Waals surface area contributed by atoms with Gasteiger partial charge in [-0.3, -0.25) is 0 Å². The molecule has 0 aliphatic rings. The molecular formula is C14H25N5S. The summed E-state index contributed by atoms with van der Waals surface area (Å²) in [6, 6.07) is 0. The molecule has 1 rings (SSSR count). The molecular weight excluding hydrogens is 270 g/mol. The first-order valence-corrected chi connectivity index (χ1v) is 7.07. The topological polar surface area (TPSA) is 67.1 Å². The third kappa shape index (κ3) is 4.38. The summed E-state index contributed by atoms with van der Waals surface area (Å²) in [4.78, 5) is 2.52. The van der Waals surface area contributed by atoms with Crippen molar-refractivity contribution in [2.24, 2.45) is 11.1 Å². The fourth-order valence-electron chi connectivity index (χ4n) is 2.27. The quantitative estimate of drug-likeness (QED) is 0.779. The molecule has 0 aliphatic carbocycles. The molecule has 6 heteroatoms. The third-order valence-electron chi connectivity index (χ3n) is 3.18. The second-order valence-corrected chi connectivity index (χ2v) is 6.69. The van der Waals surface area contributed by atoms with E-state index in [-0.39, 0.29) is 5.41 Å². The average Bonchev–Trinajstić information content (AvgIpc) is 2.28. The van der Waals surface area contributed by atoms with E-state index < -0.39 is 0 Å². The molecule has 3 N–H and O–H groups in total. The number of anilines is 1. The van der Waals surface area contributed by atoms with Crippen molar-refractivity contribution in [3.05, 3.63) is 16.8 Å². The molecule has 0 amide bonds. The number of thiocarbonyl (C=S) groups is 1. The van der Waals surface area contributed by atoms with E-state index in [9.17, 15) is 0 Å². The van der Waals surface area contributed by atoms with Gasteiger partial charge in [0.25, 0.3) is 0 Å². The van der Waals surface area contributed by atoms with Crippen LogP contribution in [0.15, 0.2) is 0 Å². The minimum Gasteiger partial charge on any atom is -0.389 e. The summed E-state index contributed by atoms with van der Waals surface area (Å²) in [5.41, 5.74) is 8.57. The second-order valence-electron chi connectivity index (χ2n) is 6.25. The van der Waals surface area contributed by atoms with Crippen LogP contribution < -0.4 is 11.1 Å². The Balaban J connectivity index is 2.94. The molecule has 20 heavy (non-hydrogen) atoms. The van der Waals surface area contributed by atoms with Crippen LogP contribution in [0.4, 0.5) is 5.82 Å². The van der Waals surface area contributed by atoms with E-state index in [1.54, 1.807) is 0 Å². The zero-order valence-corrected chi connectivity index (χ0v) is 14.1. The minimum absolute atomic E-state index is 0.109. The molecule has 1 aromatic rings. The molecule has 0 saturated heterocycles. The Hall–Kier alpha value is -1.27. The van der Waals surface area contributed by atoms with Gasteiger partial charge in [0.2, 0.25) is 0 Å². The highest BCUT2D eigenvalue weighted by molar-refractivity contribution is 7.80. The monoisotopic (exact) mass is 295 g/mol. The summed E-state index contributed by atoms with van der Waals surface area (Å²) in [5, 5.41) is 11.7. The third-order valence-corrected chi connectivity index (χ3v) is 3.38. The Kier molecular flexibility index (Phi) is 5.42. The van der Waals surface area contributed by atoms with E-state index in [0.717, 1.165) is 29.9 Å². The number of aryl methyl sites for hydroxylation is 1. The first-order valence-electron chi connectivity index (χ1n) is 6.66. The van der Waals surface area contributed by atoms with Crippen molar-refractivity contribution >= 4 is 23.0 Å². The standard InChI is InChI=1S/C14H25N5S/c1-9-10(2)17-18-13(11(9)12(15)20)16-7-14(3,4)8-19(5)6/h7-8H2,1-6H3,(H2,15,20)(H,16,18). The molecule has 0 aromatic carbocycles. The summed E-state index contributed by atoms with van der Waals surface area (Å²) in [5.74, 6) is 0.674. The van der Waals surface area contributed by atoms with E-state index in [1.165, 1.54) is 0 Å². The number of hydrogen-bond acceptors (Lipinski definition) is 5. The van der Waals surface area contributed by atoms with Gasteiger partial charge in [0, 0.05) is 13.1 Å². The van der Waals surface area contributed by atoms with Crippen LogP contribution in [0.25, 0.3) is 0 Å². The highest BCUT2D eigenvalue weighted by atomic mass is 32.1. The largest absolute Gasteiger partial charge is 0.389 e. The van der Waals surface area contributed by atoms with Crippen molar-refractivity contribution in [1.29, 1.82) is 0 Å². The average molecular weight is 295 g/mol. The van der Waals surface area contributed by atoms with E-state index in [2.05, 4.69) is 48.4 Å². The first-order chi connectivity index (χ1) is 9.14. The maximum absolute atomic E-state index is 5.82. The van der Waals surface area contributed by atoms with Gasteiger partial charge in [-0.05, 0) is 38.9 Å². The van der Waals surface area contributed by atoms with E-state index in [0.29, 0.717) is 10.8 Å². The van der Waals surface area contributed by atoms with Gasteiger partial charge in [-0.2, -0.15) is 5.10 Å². The fraction of sp³-hybridized carbons (Fsp3) is 0.643. The lowest BCUT2D eigenvalue weighted by atomic mass is 9.93. The molecule has 112 valence electrons. The number of hydrogen-bond donors (Lipinski definition) is 2. The second kappa shape index (κ2) is 6.45. The van der Waals surface area contributed by atoms with Gasteiger partial charge >= 0.3 is 0 Å². The van der Waals surface area contributed by atoms with Gasteiger partial charge in [0.05, 0.1) is 11.3 Å². The lowest BCUT2D eigenvalue weighted by Gasteiger charge is -2.29. The lowest BCUT2D eigenvalue weighted by Crippen LogP contribution is -2.35. The summed E-state index contributed by atoms with van der Waals surface area (Å²) in [6.45, 7) is 10.0. The van der Waals surface area contributed by atoms with Gasteiger partial charge in [-0.1, -0.05) is 26.1 Å². The van der Waals surface area contributed by atoms with Crippen LogP contribution in [-0.4, -0.2) is 47.3 Å². The van der Waals surface area contributed by atoms with Crippen molar-refractivity contribution < 1.29 is 0 Å². The lowest BCUT2D eigenvalue weighted by molar-refractivity contribution is 0.254. The Bertz CT molecular complexity index is 497. The molecule has 0 aliphatic heterocycles. The first kappa shape index (κ1) is 16.8. The predicted molar refractivity (Wildman–Crippen MR) is 88.2 cm³/mol. The van der Waals surface area contributed by atoms with Crippen molar-refractivity contribution in [1.82, 2.24) is 15.1 Å². The Morgan fingerprint density at radius 2 is 1.90 bits per heavy atom. The van der Waals surface area contributed by atoms with Crippen molar-refractivity contribution in [3.63, 3.8) is 0 Å². The predicted octanol–water partition coefficient (Wildman–Crippen LogP) is 1.73. The highest BCUT2D eigenvalue weighted by Crippen LogP contribution is 2.21. The summed E-state index contributed by atoms with van der Waals surface area (Å²) < 4.78 is 0. The molecule has 1 heterocycles. The number of nitrogens with zero attached hydrogens (tertiary/aromatic N) is 3. The number of aromatic nitrogens is 2. The zero-order valence-electron chi connectivity index (χ0n) is 13.2. The minimum atomic E-state index is 0.109. The van der Waals surface area contributed by atoms with Crippen LogP contribution in [-0.2, 0) is 0 Å². The summed E-state index contributed by atoms with van der Waals surface area (Å²) >= 11 is 5.14. The number of nitrogens with one attached hydrogen (secondary N) is 1. The van der Waals surface area contributed by atoms with Crippen molar-refractivity contribution in [2.45, 2.75) is 27.7 Å². The number of rotatable bonds is 6. The molecule has 0 atom stereocenters. The van der Waals surface area contributed by atoms with Gasteiger partial charge in [-0.25, -0.2) is 0 Å². The number of nitrogens with two attached hydrogens (primary N) is 1. The highest BCUT2D eigenvalue weighted by Gasteiger charge is 2.21. The molecule has 0 spiro atoms. The van der Waals surface area contributed by atoms with Crippen molar-refractivity contribution in [2.75, 3.05) is 32.5 Å². The smallest absolute Gasteiger partial charge is 0.159 e. The Morgan fingerprint density at radius 3 is 2.40 bits per heavy atom. The van der Waals surface area contributed by atoms with Gasteiger partial charge in [-0.15, -0.1) is 5.10 Å². The fourth-order valence-corrected chi connectivity index (χ4v) is 2.52. The molecule has 0 unspecified atom stereocenters. The molecule has 0 saturated carbocycles. The van der Waals surface area contributed by atoms with Gasteiger partial charge < -0.3 is 16.0 Å². The van der Waals surface area contributed by atoms with Crippen LogP contribution in [0.5, 0.6) is 0 Å².